The van der Waals surface area contributed by atoms with E-state index in [1.54, 1.807) is 14.0 Å². The zero-order valence-electron chi connectivity index (χ0n) is 10.4. The number of amides is 1. The maximum atomic E-state index is 11.7. The van der Waals surface area contributed by atoms with Crippen molar-refractivity contribution >= 4 is 11.9 Å². The van der Waals surface area contributed by atoms with E-state index in [1.165, 1.54) is 11.9 Å². The van der Waals surface area contributed by atoms with Crippen LogP contribution < -0.4 is 0 Å². The highest BCUT2D eigenvalue weighted by molar-refractivity contribution is 5.83. The fourth-order valence-corrected chi connectivity index (χ4v) is 1.41. The molecule has 0 aliphatic rings. The Morgan fingerprint density at radius 1 is 1.44 bits per heavy atom. The second-order valence-electron chi connectivity index (χ2n) is 3.85. The lowest BCUT2D eigenvalue weighted by Gasteiger charge is -2.24. The van der Waals surface area contributed by atoms with Crippen LogP contribution in [0, 0.1) is 0 Å². The molecule has 0 aromatic rings. The van der Waals surface area contributed by atoms with E-state index in [2.05, 4.69) is 0 Å². The summed E-state index contributed by atoms with van der Waals surface area (Å²) in [6.07, 6.45) is 1.35. The van der Waals surface area contributed by atoms with Crippen LogP contribution in [0.1, 0.15) is 33.1 Å². The molecule has 0 saturated carbocycles. The molecule has 0 radical (unpaired) electrons. The van der Waals surface area contributed by atoms with E-state index in [1.807, 2.05) is 6.92 Å². The van der Waals surface area contributed by atoms with Crippen LogP contribution in [-0.2, 0) is 14.3 Å². The minimum Gasteiger partial charge on any atom is -0.480 e. The Balaban J connectivity index is 4.21. The molecule has 1 amide bonds. The van der Waals surface area contributed by atoms with Gasteiger partial charge in [-0.2, -0.15) is 0 Å². The first-order chi connectivity index (χ1) is 7.43. The molecule has 94 valence electrons. The standard InChI is InChI=1S/C11H21NO4/c1-5-9(11(14)15)12(3)10(13)7-6-8(2)16-4/h8-9H,5-7H2,1-4H3,(H,14,15). The fourth-order valence-electron chi connectivity index (χ4n) is 1.41. The number of methoxy groups -OCH3 is 1. The van der Waals surface area contributed by atoms with Crippen LogP contribution in [0.3, 0.4) is 0 Å². The van der Waals surface area contributed by atoms with Gasteiger partial charge in [-0.05, 0) is 19.8 Å². The quantitative estimate of drug-likeness (QED) is 0.713. The van der Waals surface area contributed by atoms with Crippen molar-refractivity contribution in [3.05, 3.63) is 0 Å². The summed E-state index contributed by atoms with van der Waals surface area (Å²) in [6, 6.07) is -0.731. The number of aliphatic carboxylic acids is 1. The molecule has 0 aromatic carbocycles. The van der Waals surface area contributed by atoms with Gasteiger partial charge in [-0.1, -0.05) is 6.92 Å². The molecule has 5 heteroatoms. The largest absolute Gasteiger partial charge is 0.480 e. The number of carboxylic acid groups (broad SMARTS) is 1. The van der Waals surface area contributed by atoms with Crippen LogP contribution in [0.4, 0.5) is 0 Å². The first kappa shape index (κ1) is 14.9. The first-order valence-electron chi connectivity index (χ1n) is 5.45. The molecule has 1 N–H and O–H groups in total. The average Bonchev–Trinajstić information content (AvgIpc) is 2.25. The number of ether oxygens (including phenoxy) is 1. The molecule has 5 nitrogen and oxygen atoms in total. The van der Waals surface area contributed by atoms with Crippen molar-refractivity contribution < 1.29 is 19.4 Å². The van der Waals surface area contributed by atoms with Gasteiger partial charge in [0, 0.05) is 20.6 Å². The third kappa shape index (κ3) is 4.61. The van der Waals surface area contributed by atoms with E-state index < -0.39 is 12.0 Å². The molecule has 0 heterocycles. The summed E-state index contributed by atoms with van der Waals surface area (Å²) in [4.78, 5) is 23.8. The molecule has 16 heavy (non-hydrogen) atoms. The predicted octanol–water partition coefficient (Wildman–Crippen LogP) is 1.12. The minimum absolute atomic E-state index is 0.0160. The highest BCUT2D eigenvalue weighted by atomic mass is 16.5. The zero-order valence-corrected chi connectivity index (χ0v) is 10.4. The highest BCUT2D eigenvalue weighted by Crippen LogP contribution is 2.08. The molecule has 0 rings (SSSR count). The molecular weight excluding hydrogens is 210 g/mol. The van der Waals surface area contributed by atoms with Crippen LogP contribution in [0.15, 0.2) is 0 Å². The van der Waals surface area contributed by atoms with Gasteiger partial charge >= 0.3 is 5.97 Å². The number of carboxylic acids is 1. The molecule has 0 spiro atoms. The molecular formula is C11H21NO4. The topological polar surface area (TPSA) is 66.8 Å². The Morgan fingerprint density at radius 2 is 2.00 bits per heavy atom. The minimum atomic E-state index is -0.960. The third-order valence-corrected chi connectivity index (χ3v) is 2.70. The van der Waals surface area contributed by atoms with Gasteiger partial charge in [0.15, 0.2) is 0 Å². The van der Waals surface area contributed by atoms with Crippen molar-refractivity contribution in [2.24, 2.45) is 0 Å². The summed E-state index contributed by atoms with van der Waals surface area (Å²) in [7, 11) is 3.12. The van der Waals surface area contributed by atoms with Crippen molar-refractivity contribution in [1.82, 2.24) is 4.90 Å². The van der Waals surface area contributed by atoms with E-state index in [0.29, 0.717) is 19.3 Å². The Kier molecular flexibility index (Phi) is 6.72. The van der Waals surface area contributed by atoms with Crippen LogP contribution in [0.5, 0.6) is 0 Å². The maximum absolute atomic E-state index is 11.7. The zero-order chi connectivity index (χ0) is 12.7. The molecule has 2 unspecified atom stereocenters. The number of rotatable bonds is 7. The molecule has 0 fully saturated rings. The van der Waals surface area contributed by atoms with Gasteiger partial charge in [0.1, 0.15) is 6.04 Å². The monoisotopic (exact) mass is 231 g/mol. The van der Waals surface area contributed by atoms with Gasteiger partial charge < -0.3 is 14.7 Å². The Hall–Kier alpha value is -1.10. The summed E-state index contributed by atoms with van der Waals surface area (Å²) in [5.74, 6) is -1.11. The lowest BCUT2D eigenvalue weighted by atomic mass is 10.1. The van der Waals surface area contributed by atoms with Gasteiger partial charge in [-0.25, -0.2) is 4.79 Å². The second-order valence-corrected chi connectivity index (χ2v) is 3.85. The van der Waals surface area contributed by atoms with Crippen molar-refractivity contribution in [3.8, 4) is 0 Å². The summed E-state index contributed by atoms with van der Waals surface area (Å²) >= 11 is 0. The van der Waals surface area contributed by atoms with E-state index >= 15 is 0 Å². The number of carbonyl (C=O) groups is 2. The van der Waals surface area contributed by atoms with Crippen molar-refractivity contribution in [3.63, 3.8) is 0 Å². The Morgan fingerprint density at radius 3 is 2.38 bits per heavy atom. The Labute approximate surface area is 96.4 Å². The van der Waals surface area contributed by atoms with Crippen molar-refractivity contribution in [1.29, 1.82) is 0 Å². The van der Waals surface area contributed by atoms with Crippen molar-refractivity contribution in [2.45, 2.75) is 45.3 Å². The van der Waals surface area contributed by atoms with Gasteiger partial charge in [-0.15, -0.1) is 0 Å². The van der Waals surface area contributed by atoms with Gasteiger partial charge in [0.2, 0.25) is 5.91 Å². The normalized spacial score (nSPS) is 14.2. The van der Waals surface area contributed by atoms with E-state index in [9.17, 15) is 9.59 Å². The predicted molar refractivity (Wildman–Crippen MR) is 60.2 cm³/mol. The Bertz CT molecular complexity index is 242. The molecule has 0 aromatic heterocycles. The third-order valence-electron chi connectivity index (χ3n) is 2.70. The van der Waals surface area contributed by atoms with Crippen LogP contribution >= 0.6 is 0 Å². The van der Waals surface area contributed by atoms with Gasteiger partial charge in [-0.3, -0.25) is 4.79 Å². The lowest BCUT2D eigenvalue weighted by molar-refractivity contribution is -0.149. The van der Waals surface area contributed by atoms with Crippen LogP contribution in [0.25, 0.3) is 0 Å². The number of hydrogen-bond donors (Lipinski definition) is 1. The molecule has 0 aliphatic heterocycles. The average molecular weight is 231 g/mol. The fraction of sp³-hybridized carbons (Fsp3) is 0.818. The van der Waals surface area contributed by atoms with E-state index in [-0.39, 0.29) is 12.0 Å². The summed E-state index contributed by atoms with van der Waals surface area (Å²) in [5, 5.41) is 8.90. The number of nitrogens with zero attached hydrogens (tertiary/aromatic N) is 1. The second kappa shape index (κ2) is 7.22. The summed E-state index contributed by atoms with van der Waals surface area (Å²) in [6.45, 7) is 3.63. The molecule has 0 aliphatic carbocycles. The van der Waals surface area contributed by atoms with Crippen molar-refractivity contribution in [2.75, 3.05) is 14.2 Å². The summed E-state index contributed by atoms with van der Waals surface area (Å²) < 4.78 is 5.03. The molecule has 2 atom stereocenters. The highest BCUT2D eigenvalue weighted by Gasteiger charge is 2.24. The maximum Gasteiger partial charge on any atom is 0.326 e. The van der Waals surface area contributed by atoms with Crippen LogP contribution in [-0.4, -0.2) is 48.2 Å². The number of carbonyl (C=O) groups excluding carboxylic acids is 1. The first-order valence-corrected chi connectivity index (χ1v) is 5.45. The lowest BCUT2D eigenvalue weighted by Crippen LogP contribution is -2.42. The summed E-state index contributed by atoms with van der Waals surface area (Å²) in [5.41, 5.74) is 0. The number of likely N-dealkylation sites (N-methyl/N-ethyl adjacent to an activating group) is 1. The smallest absolute Gasteiger partial charge is 0.326 e. The number of hydrogen-bond acceptors (Lipinski definition) is 3. The molecule has 0 bridgehead atoms. The molecule has 0 saturated heterocycles. The van der Waals surface area contributed by atoms with E-state index in [0.717, 1.165) is 0 Å². The van der Waals surface area contributed by atoms with Gasteiger partial charge in [0.05, 0.1) is 6.10 Å². The van der Waals surface area contributed by atoms with Crippen LogP contribution in [0.2, 0.25) is 0 Å². The van der Waals surface area contributed by atoms with Gasteiger partial charge in [0.25, 0.3) is 0 Å². The SMILES string of the molecule is CCC(C(=O)O)N(C)C(=O)CCC(C)OC. The van der Waals surface area contributed by atoms with E-state index in [4.69, 9.17) is 9.84 Å².